The van der Waals surface area contributed by atoms with Gasteiger partial charge in [-0.05, 0) is 53.2 Å². The lowest BCUT2D eigenvalue weighted by Crippen LogP contribution is -2.48. The lowest BCUT2D eigenvalue weighted by Gasteiger charge is -2.39. The van der Waals surface area contributed by atoms with Crippen molar-refractivity contribution in [3.63, 3.8) is 0 Å². The molecule has 1 heterocycles. The summed E-state index contributed by atoms with van der Waals surface area (Å²) in [7, 11) is 0. The predicted octanol–water partition coefficient (Wildman–Crippen LogP) is 3.11. The molecule has 0 atom stereocenters. The topological polar surface area (TPSA) is 52.9 Å². The molecule has 5 heteroatoms. The lowest BCUT2D eigenvalue weighted by atomic mass is 9.63. The van der Waals surface area contributed by atoms with Crippen molar-refractivity contribution in [2.45, 2.75) is 26.2 Å². The number of halogens is 1. The molecule has 1 fully saturated rings. The molecule has 1 N–H and O–H groups in total. The van der Waals surface area contributed by atoms with Crippen LogP contribution in [0.4, 0.5) is 0 Å². The second-order valence-electron chi connectivity index (χ2n) is 4.92. The van der Waals surface area contributed by atoms with E-state index < -0.39 is 5.41 Å². The summed E-state index contributed by atoms with van der Waals surface area (Å²) in [6.07, 6.45) is 2.21. The normalized spacial score (nSPS) is 26.2. The van der Waals surface area contributed by atoms with Crippen molar-refractivity contribution in [1.29, 1.82) is 5.26 Å². The van der Waals surface area contributed by atoms with Crippen LogP contribution >= 0.6 is 27.3 Å². The minimum absolute atomic E-state index is 0.0984. The molecule has 1 aliphatic rings. The maximum atomic E-state index is 12.0. The van der Waals surface area contributed by atoms with E-state index in [0.29, 0.717) is 25.3 Å². The third-order valence-electron chi connectivity index (χ3n) is 3.33. The highest BCUT2D eigenvalue weighted by Gasteiger charge is 2.48. The van der Waals surface area contributed by atoms with Crippen LogP contribution in [0.15, 0.2) is 15.9 Å². The second-order valence-corrected chi connectivity index (χ2v) is 7.47. The lowest BCUT2D eigenvalue weighted by molar-refractivity contribution is -0.133. The molecule has 2 rings (SSSR count). The Morgan fingerprint density at radius 1 is 1.67 bits per heavy atom. The van der Waals surface area contributed by atoms with Gasteiger partial charge in [-0.2, -0.15) is 5.26 Å². The predicted molar refractivity (Wildman–Crippen MR) is 75.2 cm³/mol. The Labute approximate surface area is 119 Å². The van der Waals surface area contributed by atoms with Gasteiger partial charge in [0, 0.05) is 11.4 Å². The van der Waals surface area contributed by atoms with Gasteiger partial charge in [0.05, 0.1) is 9.86 Å². The summed E-state index contributed by atoms with van der Waals surface area (Å²) >= 11 is 5.08. The highest BCUT2D eigenvalue weighted by atomic mass is 79.9. The van der Waals surface area contributed by atoms with E-state index in [2.05, 4.69) is 34.2 Å². The molecule has 0 bridgehead atoms. The fourth-order valence-corrected chi connectivity index (χ4v) is 3.89. The third kappa shape index (κ3) is 2.76. The molecule has 0 saturated heterocycles. The van der Waals surface area contributed by atoms with Gasteiger partial charge in [0.1, 0.15) is 5.41 Å². The van der Waals surface area contributed by atoms with Gasteiger partial charge < -0.3 is 5.32 Å². The molecule has 1 amide bonds. The maximum Gasteiger partial charge on any atom is 0.240 e. The Bertz CT molecular complexity index is 485. The van der Waals surface area contributed by atoms with Crippen LogP contribution in [-0.4, -0.2) is 12.5 Å². The minimum atomic E-state index is -0.755. The summed E-state index contributed by atoms with van der Waals surface area (Å²) in [5.41, 5.74) is -0.755. The second kappa shape index (κ2) is 5.41. The first-order valence-electron chi connectivity index (χ1n) is 5.99. The summed E-state index contributed by atoms with van der Waals surface area (Å²) < 4.78 is 1.10. The van der Waals surface area contributed by atoms with Crippen molar-refractivity contribution < 1.29 is 4.79 Å². The molecule has 96 valence electrons. The number of nitrogens with one attached hydrogen (secondary N) is 1. The fraction of sp³-hybridized carbons (Fsp3) is 0.538. The minimum Gasteiger partial charge on any atom is -0.354 e. The first-order valence-corrected chi connectivity index (χ1v) is 7.60. The highest BCUT2D eigenvalue weighted by Crippen LogP contribution is 2.44. The molecule has 1 aliphatic carbocycles. The van der Waals surface area contributed by atoms with E-state index in [-0.39, 0.29) is 5.91 Å². The van der Waals surface area contributed by atoms with E-state index in [1.165, 1.54) is 4.88 Å². The van der Waals surface area contributed by atoms with Crippen molar-refractivity contribution in [2.75, 3.05) is 6.54 Å². The smallest absolute Gasteiger partial charge is 0.240 e. The van der Waals surface area contributed by atoms with Gasteiger partial charge in [-0.3, -0.25) is 4.79 Å². The van der Waals surface area contributed by atoms with Crippen molar-refractivity contribution in [3.05, 3.63) is 20.8 Å². The fourth-order valence-electron chi connectivity index (χ4n) is 2.41. The van der Waals surface area contributed by atoms with E-state index >= 15 is 0 Å². The molecule has 0 spiro atoms. The zero-order valence-corrected chi connectivity index (χ0v) is 12.6. The Kier molecular flexibility index (Phi) is 4.08. The van der Waals surface area contributed by atoms with Gasteiger partial charge in [0.2, 0.25) is 5.91 Å². The molecule has 0 aromatic carbocycles. The number of carbonyl (C=O) groups is 1. The first kappa shape index (κ1) is 13.6. The van der Waals surface area contributed by atoms with Gasteiger partial charge >= 0.3 is 0 Å². The number of carbonyl (C=O) groups excluding carboxylic acids is 1. The number of nitriles is 1. The summed E-state index contributed by atoms with van der Waals surface area (Å²) in [5.74, 6) is 0.391. The van der Waals surface area contributed by atoms with E-state index in [1.54, 1.807) is 11.3 Å². The van der Waals surface area contributed by atoms with Crippen LogP contribution in [0.5, 0.6) is 0 Å². The molecule has 1 saturated carbocycles. The van der Waals surface area contributed by atoms with Crippen LogP contribution < -0.4 is 5.32 Å². The van der Waals surface area contributed by atoms with Crippen molar-refractivity contribution in [1.82, 2.24) is 5.32 Å². The van der Waals surface area contributed by atoms with Gasteiger partial charge in [0.15, 0.2) is 0 Å². The Morgan fingerprint density at radius 2 is 2.39 bits per heavy atom. The van der Waals surface area contributed by atoms with Gasteiger partial charge in [-0.1, -0.05) is 6.92 Å². The molecule has 0 unspecified atom stereocenters. The van der Waals surface area contributed by atoms with Crippen LogP contribution in [0, 0.1) is 22.7 Å². The molecule has 1 aromatic rings. The van der Waals surface area contributed by atoms with Crippen molar-refractivity contribution in [2.24, 2.45) is 11.3 Å². The Hall–Kier alpha value is -0.860. The van der Waals surface area contributed by atoms with Crippen molar-refractivity contribution >= 4 is 33.2 Å². The molecule has 3 nitrogen and oxygen atoms in total. The zero-order chi connectivity index (χ0) is 13.2. The zero-order valence-electron chi connectivity index (χ0n) is 10.2. The molecule has 18 heavy (non-hydrogen) atoms. The first-order chi connectivity index (χ1) is 8.55. The molecule has 0 aliphatic heterocycles. The van der Waals surface area contributed by atoms with E-state index in [9.17, 15) is 4.79 Å². The Balaban J connectivity index is 1.80. The molecular weight excluding hydrogens is 312 g/mol. The maximum absolute atomic E-state index is 12.0. The number of hydrogen-bond acceptors (Lipinski definition) is 3. The highest BCUT2D eigenvalue weighted by molar-refractivity contribution is 9.11. The van der Waals surface area contributed by atoms with Crippen molar-refractivity contribution in [3.8, 4) is 6.07 Å². The number of hydrogen-bond donors (Lipinski definition) is 1. The van der Waals surface area contributed by atoms with Gasteiger partial charge in [-0.15, -0.1) is 11.3 Å². The average Bonchev–Trinajstić information content (AvgIpc) is 2.70. The van der Waals surface area contributed by atoms with Crippen LogP contribution in [0.2, 0.25) is 0 Å². The van der Waals surface area contributed by atoms with Gasteiger partial charge in [0.25, 0.3) is 0 Å². The van der Waals surface area contributed by atoms with E-state index in [0.717, 1.165) is 10.2 Å². The van der Waals surface area contributed by atoms with Gasteiger partial charge in [-0.25, -0.2) is 0 Å². The van der Waals surface area contributed by atoms with E-state index in [4.69, 9.17) is 5.26 Å². The molecule has 1 aromatic heterocycles. The molecular formula is C13H15BrN2OS. The monoisotopic (exact) mass is 326 g/mol. The van der Waals surface area contributed by atoms with Crippen LogP contribution in [0.3, 0.4) is 0 Å². The number of nitrogens with zero attached hydrogens (tertiary/aromatic N) is 1. The largest absolute Gasteiger partial charge is 0.354 e. The standard InChI is InChI=1S/C13H15BrN2OS/c1-9-6-13(7-9,8-15)12(17)16-5-4-10-2-3-11(14)18-10/h2-3,9H,4-7H2,1H3,(H,16,17). The number of rotatable bonds is 4. The van der Waals surface area contributed by atoms with E-state index in [1.807, 2.05) is 12.1 Å². The number of amides is 1. The summed E-state index contributed by atoms with van der Waals surface area (Å²) in [5, 5.41) is 12.0. The summed E-state index contributed by atoms with van der Waals surface area (Å²) in [4.78, 5) is 13.2. The summed E-state index contributed by atoms with van der Waals surface area (Å²) in [6, 6.07) is 6.24. The number of thiophene rings is 1. The summed E-state index contributed by atoms with van der Waals surface area (Å²) in [6.45, 7) is 2.68. The molecule has 0 radical (unpaired) electrons. The van der Waals surface area contributed by atoms with Crippen LogP contribution in [0.1, 0.15) is 24.6 Å². The quantitative estimate of drug-likeness (QED) is 0.924. The Morgan fingerprint density at radius 3 is 2.89 bits per heavy atom. The van der Waals surface area contributed by atoms with Crippen LogP contribution in [0.25, 0.3) is 0 Å². The third-order valence-corrected chi connectivity index (χ3v) is 5.01. The SMILES string of the molecule is CC1CC(C#N)(C(=O)NCCc2ccc(Br)s2)C1. The average molecular weight is 327 g/mol. The van der Waals surface area contributed by atoms with Crippen LogP contribution in [-0.2, 0) is 11.2 Å².